The average molecular weight is 381 g/mol. The molecule has 0 bridgehead atoms. The molecule has 0 saturated carbocycles. The van der Waals surface area contributed by atoms with Crippen molar-refractivity contribution in [2.45, 2.75) is 18.2 Å². The highest BCUT2D eigenvalue weighted by Gasteiger charge is 2.26. The Hall–Kier alpha value is -2.09. The molecular weight excluding hydrogens is 364 g/mol. The number of halogens is 1. The molecule has 0 spiro atoms. The number of fused-ring (bicyclic) bond motifs is 1. The fraction of sp³-hybridized carbons (Fsp3) is 0.235. The Morgan fingerprint density at radius 3 is 2.76 bits per heavy atom. The second-order valence-corrected chi connectivity index (χ2v) is 7.82. The molecule has 3 rings (SSSR count). The van der Waals surface area contributed by atoms with E-state index >= 15 is 0 Å². The van der Waals surface area contributed by atoms with Gasteiger partial charge in [-0.2, -0.15) is 0 Å². The van der Waals surface area contributed by atoms with E-state index in [0.717, 1.165) is 11.1 Å². The van der Waals surface area contributed by atoms with E-state index in [-0.39, 0.29) is 17.4 Å². The maximum Gasteiger partial charge on any atom is 0.264 e. The van der Waals surface area contributed by atoms with Crippen LogP contribution in [0.2, 0.25) is 5.02 Å². The third kappa shape index (κ3) is 3.78. The molecule has 1 aliphatic rings. The molecule has 8 heteroatoms. The van der Waals surface area contributed by atoms with E-state index < -0.39 is 10.0 Å². The second kappa shape index (κ2) is 6.67. The highest BCUT2D eigenvalue weighted by molar-refractivity contribution is 7.89. The van der Waals surface area contributed by atoms with E-state index in [4.69, 9.17) is 21.5 Å². The van der Waals surface area contributed by atoms with Crippen LogP contribution in [0.3, 0.4) is 0 Å². The van der Waals surface area contributed by atoms with Gasteiger partial charge < -0.3 is 9.64 Å². The minimum atomic E-state index is -3.83. The molecule has 6 nitrogen and oxygen atoms in total. The maximum absolute atomic E-state index is 12.5. The van der Waals surface area contributed by atoms with Gasteiger partial charge in [0.2, 0.25) is 10.0 Å². The zero-order valence-electron chi connectivity index (χ0n) is 13.5. The van der Waals surface area contributed by atoms with Gasteiger partial charge in [-0.1, -0.05) is 23.7 Å². The lowest BCUT2D eigenvalue weighted by atomic mass is 10.2. The molecule has 1 aliphatic heterocycles. The normalized spacial score (nSPS) is 13.6. The number of amides is 1. The van der Waals surface area contributed by atoms with E-state index in [0.29, 0.717) is 29.4 Å². The first kappa shape index (κ1) is 17.7. The second-order valence-electron chi connectivity index (χ2n) is 5.85. The van der Waals surface area contributed by atoms with Crippen molar-refractivity contribution in [3.8, 4) is 5.75 Å². The number of ether oxygens (including phenoxy) is 1. The van der Waals surface area contributed by atoms with Crippen LogP contribution in [-0.4, -0.2) is 27.5 Å². The minimum Gasteiger partial charge on any atom is -0.482 e. The summed E-state index contributed by atoms with van der Waals surface area (Å²) in [6, 6.07) is 9.87. The van der Waals surface area contributed by atoms with Crippen LogP contribution in [0.5, 0.6) is 5.75 Å². The molecular formula is C17H17ClN2O4S. The third-order valence-corrected chi connectivity index (χ3v) is 5.24. The number of carbonyl (C=O) groups is 1. The van der Waals surface area contributed by atoms with Gasteiger partial charge in [0.15, 0.2) is 6.61 Å². The summed E-state index contributed by atoms with van der Waals surface area (Å²) in [5, 5.41) is 5.59. The number of benzene rings is 2. The number of aryl methyl sites for hydroxylation is 1. The van der Waals surface area contributed by atoms with Gasteiger partial charge in [-0.25, -0.2) is 13.6 Å². The van der Waals surface area contributed by atoms with Gasteiger partial charge in [-0.05, 0) is 48.7 Å². The number of nitrogens with two attached hydrogens (primary N) is 1. The molecule has 2 aromatic carbocycles. The minimum absolute atomic E-state index is 0.0198. The predicted octanol–water partition coefficient (Wildman–Crippen LogP) is 2.26. The van der Waals surface area contributed by atoms with Gasteiger partial charge in [0, 0.05) is 12.2 Å². The van der Waals surface area contributed by atoms with Crippen molar-refractivity contribution in [2.24, 2.45) is 5.14 Å². The fourth-order valence-corrected chi connectivity index (χ4v) is 3.44. The van der Waals surface area contributed by atoms with Crippen LogP contribution < -0.4 is 14.8 Å². The first-order valence-electron chi connectivity index (χ1n) is 7.61. The summed E-state index contributed by atoms with van der Waals surface area (Å²) in [4.78, 5) is 14.0. The quantitative estimate of drug-likeness (QED) is 0.880. The lowest BCUT2D eigenvalue weighted by molar-refractivity contribution is -0.120. The molecule has 1 amide bonds. The molecule has 0 aliphatic carbocycles. The van der Waals surface area contributed by atoms with Crippen molar-refractivity contribution in [3.63, 3.8) is 0 Å². The van der Waals surface area contributed by atoms with Crippen LogP contribution in [0.25, 0.3) is 0 Å². The van der Waals surface area contributed by atoms with Crippen LogP contribution in [-0.2, 0) is 21.2 Å². The summed E-state index contributed by atoms with van der Waals surface area (Å²) in [7, 11) is -3.83. The molecule has 0 fully saturated rings. The molecule has 1 heterocycles. The molecule has 0 unspecified atom stereocenters. The Balaban J connectivity index is 1.78. The summed E-state index contributed by atoms with van der Waals surface area (Å²) < 4.78 is 28.6. The van der Waals surface area contributed by atoms with Crippen molar-refractivity contribution in [2.75, 3.05) is 18.1 Å². The largest absolute Gasteiger partial charge is 0.482 e. The van der Waals surface area contributed by atoms with E-state index in [1.54, 1.807) is 18.2 Å². The van der Waals surface area contributed by atoms with E-state index in [2.05, 4.69) is 0 Å². The van der Waals surface area contributed by atoms with Crippen LogP contribution in [0.15, 0.2) is 41.3 Å². The number of sulfonamides is 1. The summed E-state index contributed by atoms with van der Waals surface area (Å²) >= 11 is 6.06. The van der Waals surface area contributed by atoms with Crippen LogP contribution in [0.4, 0.5) is 5.69 Å². The Bertz CT molecular complexity index is 944. The van der Waals surface area contributed by atoms with Crippen molar-refractivity contribution in [3.05, 3.63) is 52.5 Å². The number of primary sulfonamides is 1. The highest BCUT2D eigenvalue weighted by Crippen LogP contribution is 2.31. The number of anilines is 1. The Morgan fingerprint density at radius 1 is 1.28 bits per heavy atom. The number of carbonyl (C=O) groups excluding carboxylic acids is 1. The monoisotopic (exact) mass is 380 g/mol. The lowest BCUT2D eigenvalue weighted by Gasteiger charge is -2.18. The average Bonchev–Trinajstić information content (AvgIpc) is 2.98. The smallest absolute Gasteiger partial charge is 0.264 e. The van der Waals surface area contributed by atoms with E-state index in [1.807, 2.05) is 13.0 Å². The predicted molar refractivity (Wildman–Crippen MR) is 95.6 cm³/mol. The number of rotatable bonds is 4. The fourth-order valence-electron chi connectivity index (χ4n) is 2.73. The Labute approximate surface area is 151 Å². The summed E-state index contributed by atoms with van der Waals surface area (Å²) in [5.41, 5.74) is 2.42. The summed E-state index contributed by atoms with van der Waals surface area (Å²) in [6.07, 6.45) is 0.650. The van der Waals surface area contributed by atoms with Crippen molar-refractivity contribution in [1.82, 2.24) is 0 Å². The van der Waals surface area contributed by atoms with Gasteiger partial charge in [0.25, 0.3) is 5.91 Å². The number of hydrogen-bond acceptors (Lipinski definition) is 4. The highest BCUT2D eigenvalue weighted by atomic mass is 35.5. The lowest BCUT2D eigenvalue weighted by Crippen LogP contribution is -2.33. The molecule has 2 N–H and O–H groups in total. The van der Waals surface area contributed by atoms with Gasteiger partial charge in [-0.15, -0.1) is 0 Å². The topological polar surface area (TPSA) is 89.7 Å². The van der Waals surface area contributed by atoms with Crippen molar-refractivity contribution >= 4 is 33.2 Å². The molecule has 0 aromatic heterocycles. The molecule has 0 saturated heterocycles. The molecule has 132 valence electrons. The van der Waals surface area contributed by atoms with Crippen LogP contribution >= 0.6 is 11.6 Å². The van der Waals surface area contributed by atoms with Gasteiger partial charge in [0.1, 0.15) is 5.75 Å². The molecule has 0 radical (unpaired) electrons. The van der Waals surface area contributed by atoms with Crippen molar-refractivity contribution in [1.29, 1.82) is 0 Å². The Kier molecular flexibility index (Phi) is 4.73. The van der Waals surface area contributed by atoms with Crippen molar-refractivity contribution < 1.29 is 17.9 Å². The van der Waals surface area contributed by atoms with Crippen LogP contribution in [0.1, 0.15) is 11.1 Å². The first-order chi connectivity index (χ1) is 11.8. The zero-order chi connectivity index (χ0) is 18.2. The van der Waals surface area contributed by atoms with Gasteiger partial charge in [0.05, 0.1) is 9.92 Å². The number of hydrogen-bond donors (Lipinski definition) is 1. The van der Waals surface area contributed by atoms with Crippen LogP contribution in [0, 0.1) is 6.92 Å². The van der Waals surface area contributed by atoms with E-state index in [1.165, 1.54) is 17.0 Å². The summed E-state index contributed by atoms with van der Waals surface area (Å²) in [5.74, 6) is 0.163. The Morgan fingerprint density at radius 2 is 2.04 bits per heavy atom. The first-order valence-corrected chi connectivity index (χ1v) is 9.53. The number of nitrogens with zero attached hydrogens (tertiary/aromatic N) is 1. The maximum atomic E-state index is 12.5. The third-order valence-electron chi connectivity index (χ3n) is 4.02. The van der Waals surface area contributed by atoms with Gasteiger partial charge >= 0.3 is 0 Å². The van der Waals surface area contributed by atoms with E-state index in [9.17, 15) is 13.2 Å². The summed E-state index contributed by atoms with van der Waals surface area (Å²) in [6.45, 7) is 2.17. The van der Waals surface area contributed by atoms with Gasteiger partial charge in [-0.3, -0.25) is 4.79 Å². The molecule has 2 aromatic rings. The molecule has 0 atom stereocenters. The zero-order valence-corrected chi connectivity index (χ0v) is 15.1. The standard InChI is InChI=1S/C17H17ClN2O4S/c1-11-2-5-14(18)16(8-11)24-10-17(21)20-7-6-12-3-4-13(9-15(12)20)25(19,22)23/h2-5,8-9H,6-7,10H2,1H3,(H2,19,22,23). The SMILES string of the molecule is Cc1ccc(Cl)c(OCC(=O)N2CCc3ccc(S(N)(=O)=O)cc32)c1. The molecule has 25 heavy (non-hydrogen) atoms.